The molecular weight excluding hydrogens is 260 g/mol. The summed E-state index contributed by atoms with van der Waals surface area (Å²) < 4.78 is 21.1. The van der Waals surface area contributed by atoms with Crippen molar-refractivity contribution in [3.63, 3.8) is 0 Å². The largest absolute Gasteiger partial charge is 0.493 e. The maximum atomic E-state index is 12.2. The predicted molar refractivity (Wildman–Crippen MR) is 75.5 cm³/mol. The highest BCUT2D eigenvalue weighted by Gasteiger charge is 2.17. The monoisotopic (exact) mass is 282 g/mol. The molecule has 0 radical (unpaired) electrons. The lowest BCUT2D eigenvalue weighted by Crippen LogP contribution is -2.21. The van der Waals surface area contributed by atoms with Crippen molar-refractivity contribution in [2.45, 2.75) is 26.6 Å². The number of hydrogen-bond acceptors (Lipinski definition) is 5. The van der Waals surface area contributed by atoms with Crippen LogP contribution in [0.1, 0.15) is 30.6 Å². The number of ketones is 1. The van der Waals surface area contributed by atoms with Crippen molar-refractivity contribution >= 4 is 5.78 Å². The zero-order valence-corrected chi connectivity index (χ0v) is 12.5. The maximum absolute atomic E-state index is 12.2. The molecule has 1 rings (SSSR count). The second-order valence-corrected chi connectivity index (χ2v) is 4.04. The first kappa shape index (κ1) is 16.5. The lowest BCUT2D eigenvalue weighted by Gasteiger charge is -2.16. The van der Waals surface area contributed by atoms with Gasteiger partial charge in [0.1, 0.15) is 0 Å². The molecule has 0 fully saturated rings. The van der Waals surface area contributed by atoms with Crippen molar-refractivity contribution < 1.29 is 23.7 Å². The summed E-state index contributed by atoms with van der Waals surface area (Å²) in [4.78, 5) is 12.2. The molecule has 112 valence electrons. The number of ether oxygens (including phenoxy) is 4. The van der Waals surface area contributed by atoms with Crippen LogP contribution in [0.2, 0.25) is 0 Å². The molecule has 0 N–H and O–H groups in total. The SMILES string of the molecule is CCOC(CC(=O)c1ccc(OC)c(OC)c1)OCC. The standard InChI is InChI=1S/C15H22O5/c1-5-19-15(20-6-2)10-12(16)11-7-8-13(17-3)14(9-11)18-4/h7-9,15H,5-6,10H2,1-4H3. The van der Waals surface area contributed by atoms with Crippen molar-refractivity contribution in [2.24, 2.45) is 0 Å². The average Bonchev–Trinajstić information content (AvgIpc) is 2.46. The lowest BCUT2D eigenvalue weighted by atomic mass is 10.1. The van der Waals surface area contributed by atoms with Crippen LogP contribution in [0.4, 0.5) is 0 Å². The van der Waals surface area contributed by atoms with E-state index in [1.54, 1.807) is 25.3 Å². The third-order valence-corrected chi connectivity index (χ3v) is 2.76. The van der Waals surface area contributed by atoms with E-state index >= 15 is 0 Å². The molecular formula is C15H22O5. The first-order valence-electron chi connectivity index (χ1n) is 6.64. The van der Waals surface area contributed by atoms with Gasteiger partial charge in [0.2, 0.25) is 0 Å². The van der Waals surface area contributed by atoms with Gasteiger partial charge in [0.25, 0.3) is 0 Å². The summed E-state index contributed by atoms with van der Waals surface area (Å²) >= 11 is 0. The number of methoxy groups -OCH3 is 2. The van der Waals surface area contributed by atoms with Crippen molar-refractivity contribution in [1.29, 1.82) is 0 Å². The molecule has 0 heterocycles. The first-order valence-corrected chi connectivity index (χ1v) is 6.64. The minimum atomic E-state index is -0.509. The van der Waals surface area contributed by atoms with Crippen LogP contribution in [0, 0.1) is 0 Å². The molecule has 0 bridgehead atoms. The number of benzene rings is 1. The fourth-order valence-corrected chi connectivity index (χ4v) is 1.82. The van der Waals surface area contributed by atoms with Crippen LogP contribution < -0.4 is 9.47 Å². The van der Waals surface area contributed by atoms with Crippen LogP contribution in [-0.4, -0.2) is 39.5 Å². The zero-order chi connectivity index (χ0) is 15.0. The molecule has 0 aliphatic heterocycles. The lowest BCUT2D eigenvalue weighted by molar-refractivity contribution is -0.133. The van der Waals surface area contributed by atoms with Crippen LogP contribution in [0.3, 0.4) is 0 Å². The summed E-state index contributed by atoms with van der Waals surface area (Å²) in [6, 6.07) is 5.08. The topological polar surface area (TPSA) is 54.0 Å². The van der Waals surface area contributed by atoms with Gasteiger partial charge in [-0.1, -0.05) is 0 Å². The van der Waals surface area contributed by atoms with Gasteiger partial charge in [0, 0.05) is 18.8 Å². The summed E-state index contributed by atoms with van der Waals surface area (Å²) in [5, 5.41) is 0. The molecule has 1 aromatic rings. The minimum absolute atomic E-state index is 0.0575. The number of Topliss-reactive ketones (excluding diaryl/α,β-unsaturated/α-hetero) is 1. The van der Waals surface area contributed by atoms with Crippen LogP contribution in [0.15, 0.2) is 18.2 Å². The molecule has 20 heavy (non-hydrogen) atoms. The van der Waals surface area contributed by atoms with Crippen LogP contribution >= 0.6 is 0 Å². The van der Waals surface area contributed by atoms with E-state index in [0.29, 0.717) is 30.3 Å². The Bertz CT molecular complexity index is 424. The van der Waals surface area contributed by atoms with Gasteiger partial charge in [-0.15, -0.1) is 0 Å². The summed E-state index contributed by atoms with van der Waals surface area (Å²) in [6.45, 7) is 4.74. The maximum Gasteiger partial charge on any atom is 0.168 e. The van der Waals surface area contributed by atoms with Crippen molar-refractivity contribution in [3.8, 4) is 11.5 Å². The van der Waals surface area contributed by atoms with Gasteiger partial charge in [0.15, 0.2) is 23.6 Å². The molecule has 5 nitrogen and oxygen atoms in total. The summed E-state index contributed by atoms with van der Waals surface area (Å²) in [6.07, 6.45) is -0.331. The first-order chi connectivity index (χ1) is 9.65. The molecule has 0 saturated heterocycles. The van der Waals surface area contributed by atoms with E-state index in [1.165, 1.54) is 7.11 Å². The molecule has 0 saturated carbocycles. The van der Waals surface area contributed by atoms with Crippen molar-refractivity contribution in [3.05, 3.63) is 23.8 Å². The molecule has 0 aliphatic carbocycles. The smallest absolute Gasteiger partial charge is 0.168 e. The minimum Gasteiger partial charge on any atom is -0.493 e. The molecule has 0 amide bonds. The van der Waals surface area contributed by atoms with Crippen LogP contribution in [0.25, 0.3) is 0 Å². The summed E-state index contributed by atoms with van der Waals surface area (Å²) in [7, 11) is 3.09. The van der Waals surface area contributed by atoms with Crippen molar-refractivity contribution in [1.82, 2.24) is 0 Å². The Labute approximate surface area is 119 Å². The number of rotatable bonds is 9. The molecule has 0 unspecified atom stereocenters. The zero-order valence-electron chi connectivity index (χ0n) is 12.5. The number of carbonyl (C=O) groups excluding carboxylic acids is 1. The average molecular weight is 282 g/mol. The molecule has 0 aromatic heterocycles. The molecule has 0 spiro atoms. The highest BCUT2D eigenvalue weighted by atomic mass is 16.7. The van der Waals surface area contributed by atoms with Gasteiger partial charge in [-0.25, -0.2) is 0 Å². The van der Waals surface area contributed by atoms with Gasteiger partial charge >= 0.3 is 0 Å². The van der Waals surface area contributed by atoms with E-state index in [-0.39, 0.29) is 12.2 Å². The Morgan fingerprint density at radius 2 is 1.65 bits per heavy atom. The second-order valence-electron chi connectivity index (χ2n) is 4.04. The number of carbonyl (C=O) groups is 1. The Morgan fingerprint density at radius 1 is 1.05 bits per heavy atom. The summed E-state index contributed by atoms with van der Waals surface area (Å²) in [5.74, 6) is 1.07. The third-order valence-electron chi connectivity index (χ3n) is 2.76. The highest BCUT2D eigenvalue weighted by molar-refractivity contribution is 5.96. The molecule has 1 aromatic carbocycles. The number of hydrogen-bond donors (Lipinski definition) is 0. The van der Waals surface area contributed by atoms with Gasteiger partial charge in [0.05, 0.1) is 20.6 Å². The predicted octanol–water partition coefficient (Wildman–Crippen LogP) is 2.68. The van der Waals surface area contributed by atoms with Crippen molar-refractivity contribution in [2.75, 3.05) is 27.4 Å². The van der Waals surface area contributed by atoms with Crippen LogP contribution in [-0.2, 0) is 9.47 Å². The Morgan fingerprint density at radius 3 is 2.15 bits per heavy atom. The Hall–Kier alpha value is -1.59. The highest BCUT2D eigenvalue weighted by Crippen LogP contribution is 2.28. The fraction of sp³-hybridized carbons (Fsp3) is 0.533. The van der Waals surface area contributed by atoms with E-state index in [9.17, 15) is 4.79 Å². The molecule has 0 aliphatic rings. The van der Waals surface area contributed by atoms with Crippen LogP contribution in [0.5, 0.6) is 11.5 Å². The van der Waals surface area contributed by atoms with E-state index in [1.807, 2.05) is 13.8 Å². The second kappa shape index (κ2) is 8.55. The Balaban J connectivity index is 2.80. The quantitative estimate of drug-likeness (QED) is 0.515. The fourth-order valence-electron chi connectivity index (χ4n) is 1.82. The third kappa shape index (κ3) is 4.51. The molecule has 5 heteroatoms. The van der Waals surface area contributed by atoms with E-state index in [4.69, 9.17) is 18.9 Å². The van der Waals surface area contributed by atoms with E-state index in [0.717, 1.165) is 0 Å². The van der Waals surface area contributed by atoms with E-state index in [2.05, 4.69) is 0 Å². The van der Waals surface area contributed by atoms with Gasteiger partial charge < -0.3 is 18.9 Å². The van der Waals surface area contributed by atoms with E-state index < -0.39 is 6.29 Å². The van der Waals surface area contributed by atoms with Gasteiger partial charge in [-0.2, -0.15) is 0 Å². The Kier molecular flexibility index (Phi) is 7.04. The van der Waals surface area contributed by atoms with Gasteiger partial charge in [-0.05, 0) is 32.0 Å². The van der Waals surface area contributed by atoms with Gasteiger partial charge in [-0.3, -0.25) is 4.79 Å². The normalized spacial score (nSPS) is 10.7. The summed E-state index contributed by atoms with van der Waals surface area (Å²) in [5.41, 5.74) is 0.548. The molecule has 0 atom stereocenters.